The first-order valence-corrected chi connectivity index (χ1v) is 9.47. The number of alkyl halides is 3. The standard InChI is InChI=1S/C19H25F3N4O/c1-4-13(5-2)18(27)25-8-6-7-14(11-25)15-10-16(19(20,21)22)26-17(23-15)9-12(3)24-26/h9-10,13-14H,4-8,11H2,1-3H3/t14-/m0/s1. The van der Waals surface area contributed by atoms with Crippen molar-refractivity contribution in [1.29, 1.82) is 0 Å². The molecule has 0 unspecified atom stereocenters. The molecule has 148 valence electrons. The zero-order chi connectivity index (χ0) is 19.8. The summed E-state index contributed by atoms with van der Waals surface area (Å²) in [5.41, 5.74) is 0.246. The molecular weight excluding hydrogens is 357 g/mol. The van der Waals surface area contributed by atoms with Crippen LogP contribution in [-0.2, 0) is 11.0 Å². The summed E-state index contributed by atoms with van der Waals surface area (Å²) in [6.07, 6.45) is -1.49. The minimum absolute atomic E-state index is 0.0256. The van der Waals surface area contributed by atoms with E-state index >= 15 is 0 Å². The van der Waals surface area contributed by atoms with Gasteiger partial charge in [-0.2, -0.15) is 18.3 Å². The number of amides is 1. The predicted molar refractivity (Wildman–Crippen MR) is 95.4 cm³/mol. The molecule has 2 aromatic heterocycles. The first-order chi connectivity index (χ1) is 12.7. The van der Waals surface area contributed by atoms with Crippen molar-refractivity contribution in [2.75, 3.05) is 13.1 Å². The van der Waals surface area contributed by atoms with E-state index in [-0.39, 0.29) is 23.4 Å². The number of rotatable bonds is 4. The van der Waals surface area contributed by atoms with E-state index in [1.165, 1.54) is 0 Å². The molecule has 1 saturated heterocycles. The highest BCUT2D eigenvalue weighted by Crippen LogP contribution is 2.34. The maximum atomic E-state index is 13.5. The van der Waals surface area contributed by atoms with Crippen molar-refractivity contribution in [2.24, 2.45) is 5.92 Å². The lowest BCUT2D eigenvalue weighted by Crippen LogP contribution is -2.42. The zero-order valence-electron chi connectivity index (χ0n) is 15.9. The molecule has 0 spiro atoms. The molecule has 0 aliphatic carbocycles. The van der Waals surface area contributed by atoms with Crippen LogP contribution in [0.5, 0.6) is 0 Å². The van der Waals surface area contributed by atoms with Gasteiger partial charge in [0.1, 0.15) is 5.69 Å². The van der Waals surface area contributed by atoms with Gasteiger partial charge in [-0.1, -0.05) is 13.8 Å². The van der Waals surface area contributed by atoms with Crippen LogP contribution in [0, 0.1) is 12.8 Å². The van der Waals surface area contributed by atoms with Gasteiger partial charge in [-0.15, -0.1) is 0 Å². The molecule has 1 aliphatic rings. The van der Waals surface area contributed by atoms with Gasteiger partial charge in [0, 0.05) is 36.7 Å². The fourth-order valence-electron chi connectivity index (χ4n) is 3.83. The Morgan fingerprint density at radius 1 is 1.30 bits per heavy atom. The van der Waals surface area contributed by atoms with E-state index in [9.17, 15) is 18.0 Å². The minimum Gasteiger partial charge on any atom is -0.342 e. The van der Waals surface area contributed by atoms with Crippen LogP contribution in [0.2, 0.25) is 0 Å². The maximum absolute atomic E-state index is 13.5. The van der Waals surface area contributed by atoms with Crippen molar-refractivity contribution in [3.05, 3.63) is 29.2 Å². The Labute approximate surface area is 156 Å². The van der Waals surface area contributed by atoms with Crippen LogP contribution in [0.15, 0.2) is 12.1 Å². The van der Waals surface area contributed by atoms with Crippen molar-refractivity contribution in [3.8, 4) is 0 Å². The Hall–Kier alpha value is -2.12. The lowest BCUT2D eigenvalue weighted by Gasteiger charge is -2.34. The first-order valence-electron chi connectivity index (χ1n) is 9.47. The summed E-state index contributed by atoms with van der Waals surface area (Å²) in [7, 11) is 0. The summed E-state index contributed by atoms with van der Waals surface area (Å²) >= 11 is 0. The molecule has 3 heterocycles. The molecule has 0 bridgehead atoms. The van der Waals surface area contributed by atoms with Gasteiger partial charge in [-0.05, 0) is 38.7 Å². The number of fused-ring (bicyclic) bond motifs is 1. The van der Waals surface area contributed by atoms with Crippen molar-refractivity contribution in [1.82, 2.24) is 19.5 Å². The molecule has 5 nitrogen and oxygen atoms in total. The van der Waals surface area contributed by atoms with Crippen LogP contribution in [0.1, 0.15) is 62.5 Å². The Balaban J connectivity index is 1.93. The fraction of sp³-hybridized carbons (Fsp3) is 0.632. The summed E-state index contributed by atoms with van der Waals surface area (Å²) in [5, 5.41) is 3.92. The van der Waals surface area contributed by atoms with Crippen LogP contribution in [-0.4, -0.2) is 38.5 Å². The summed E-state index contributed by atoms with van der Waals surface area (Å²) in [6.45, 7) is 6.70. The topological polar surface area (TPSA) is 50.5 Å². The molecule has 8 heteroatoms. The van der Waals surface area contributed by atoms with Gasteiger partial charge >= 0.3 is 6.18 Å². The van der Waals surface area contributed by atoms with Gasteiger partial charge in [-0.3, -0.25) is 4.79 Å². The number of nitrogens with zero attached hydrogens (tertiary/aromatic N) is 4. The van der Waals surface area contributed by atoms with Crippen LogP contribution in [0.4, 0.5) is 13.2 Å². The first kappa shape index (κ1) is 19.6. The average molecular weight is 382 g/mol. The van der Waals surface area contributed by atoms with E-state index in [0.29, 0.717) is 24.5 Å². The van der Waals surface area contributed by atoms with E-state index in [1.54, 1.807) is 17.9 Å². The number of halogens is 3. The maximum Gasteiger partial charge on any atom is 0.433 e. The fourth-order valence-corrected chi connectivity index (χ4v) is 3.83. The SMILES string of the molecule is CCC(CC)C(=O)N1CCC[C@H](c2cc(C(F)(F)F)n3nc(C)cc3n2)C1. The summed E-state index contributed by atoms with van der Waals surface area (Å²) in [4.78, 5) is 18.9. The molecule has 1 aliphatic heterocycles. The zero-order valence-corrected chi connectivity index (χ0v) is 15.9. The number of likely N-dealkylation sites (tertiary alicyclic amines) is 1. The highest BCUT2D eigenvalue weighted by molar-refractivity contribution is 5.79. The van der Waals surface area contributed by atoms with E-state index in [1.807, 2.05) is 13.8 Å². The van der Waals surface area contributed by atoms with Gasteiger partial charge in [0.2, 0.25) is 5.91 Å². The normalized spacial score (nSPS) is 18.5. The highest BCUT2D eigenvalue weighted by atomic mass is 19.4. The minimum atomic E-state index is -4.52. The molecule has 0 saturated carbocycles. The Bertz CT molecular complexity index is 826. The lowest BCUT2D eigenvalue weighted by atomic mass is 9.92. The van der Waals surface area contributed by atoms with Gasteiger partial charge < -0.3 is 4.90 Å². The number of hydrogen-bond acceptors (Lipinski definition) is 3. The number of carbonyl (C=O) groups excluding carboxylic acids is 1. The van der Waals surface area contributed by atoms with E-state index in [0.717, 1.165) is 36.3 Å². The molecule has 1 amide bonds. The molecule has 1 fully saturated rings. The number of aryl methyl sites for hydroxylation is 1. The smallest absolute Gasteiger partial charge is 0.342 e. The number of hydrogen-bond donors (Lipinski definition) is 0. The second-order valence-electron chi connectivity index (χ2n) is 7.26. The molecule has 2 aromatic rings. The van der Waals surface area contributed by atoms with Crippen molar-refractivity contribution in [3.63, 3.8) is 0 Å². The third-order valence-corrected chi connectivity index (χ3v) is 5.35. The Morgan fingerprint density at radius 2 is 2.00 bits per heavy atom. The van der Waals surface area contributed by atoms with Crippen LogP contribution in [0.3, 0.4) is 0 Å². The van der Waals surface area contributed by atoms with Crippen LogP contribution < -0.4 is 0 Å². The van der Waals surface area contributed by atoms with Crippen molar-refractivity contribution in [2.45, 2.75) is 58.5 Å². The van der Waals surface area contributed by atoms with E-state index < -0.39 is 11.9 Å². The van der Waals surface area contributed by atoms with Gasteiger partial charge in [0.05, 0.1) is 5.69 Å². The predicted octanol–water partition coefficient (Wildman–Crippen LogP) is 4.20. The Kier molecular flexibility index (Phi) is 5.44. The van der Waals surface area contributed by atoms with Crippen molar-refractivity contribution < 1.29 is 18.0 Å². The van der Waals surface area contributed by atoms with Gasteiger partial charge in [-0.25, -0.2) is 9.50 Å². The molecule has 0 radical (unpaired) electrons. The van der Waals surface area contributed by atoms with Crippen LogP contribution in [0.25, 0.3) is 5.65 Å². The number of piperidine rings is 1. The third kappa shape index (κ3) is 3.94. The second-order valence-corrected chi connectivity index (χ2v) is 7.26. The summed E-state index contributed by atoms with van der Waals surface area (Å²) in [6, 6.07) is 2.64. The van der Waals surface area contributed by atoms with Crippen molar-refractivity contribution >= 4 is 11.6 Å². The largest absolute Gasteiger partial charge is 0.433 e. The molecule has 1 atom stereocenters. The number of aromatic nitrogens is 3. The number of carbonyl (C=O) groups is 1. The Morgan fingerprint density at radius 3 is 2.63 bits per heavy atom. The molecule has 27 heavy (non-hydrogen) atoms. The molecular formula is C19H25F3N4O. The van der Waals surface area contributed by atoms with Gasteiger partial charge in [0.25, 0.3) is 0 Å². The third-order valence-electron chi connectivity index (χ3n) is 5.35. The average Bonchev–Trinajstić information content (AvgIpc) is 3.01. The lowest BCUT2D eigenvalue weighted by molar-refractivity contribution is -0.143. The summed E-state index contributed by atoms with van der Waals surface area (Å²) in [5.74, 6) is -0.122. The van der Waals surface area contributed by atoms with E-state index in [4.69, 9.17) is 0 Å². The highest BCUT2D eigenvalue weighted by Gasteiger charge is 2.36. The van der Waals surface area contributed by atoms with E-state index in [2.05, 4.69) is 10.1 Å². The molecule has 3 rings (SSSR count). The monoisotopic (exact) mass is 382 g/mol. The van der Waals surface area contributed by atoms with Gasteiger partial charge in [0.15, 0.2) is 5.65 Å². The summed E-state index contributed by atoms with van der Waals surface area (Å²) < 4.78 is 41.4. The molecule has 0 aromatic carbocycles. The second kappa shape index (κ2) is 7.48. The molecule has 0 N–H and O–H groups in total. The van der Waals surface area contributed by atoms with Crippen LogP contribution >= 0.6 is 0 Å². The quantitative estimate of drug-likeness (QED) is 0.796.